The smallest absolute Gasteiger partial charge is 0.268 e. The molecule has 3 nitrogen and oxygen atoms in total. The van der Waals surface area contributed by atoms with Gasteiger partial charge in [0.05, 0.1) is 23.2 Å². The summed E-state index contributed by atoms with van der Waals surface area (Å²) in [5.74, 6) is 0.908. The molecule has 26 heavy (non-hydrogen) atoms. The van der Waals surface area contributed by atoms with Gasteiger partial charge in [-0.1, -0.05) is 74.8 Å². The number of benzene rings is 2. The summed E-state index contributed by atoms with van der Waals surface area (Å²) in [7, 11) is 0. The first-order valence-corrected chi connectivity index (χ1v) is 10.4. The van der Waals surface area contributed by atoms with E-state index in [0.717, 1.165) is 34.4 Å². The lowest BCUT2D eigenvalue weighted by molar-refractivity contribution is 0.304. The summed E-state index contributed by atoms with van der Waals surface area (Å²) < 4.78 is 8.68. The van der Waals surface area contributed by atoms with Crippen LogP contribution in [-0.4, -0.2) is 10.6 Å². The number of rotatable bonds is 10. The van der Waals surface area contributed by atoms with Crippen LogP contribution >= 0.6 is 11.5 Å². The Labute approximate surface area is 159 Å². The van der Waals surface area contributed by atoms with Crippen molar-refractivity contribution in [1.29, 1.82) is 0 Å². The molecule has 0 radical (unpaired) electrons. The Morgan fingerprint density at radius 1 is 0.923 bits per heavy atom. The maximum absolute atomic E-state index is 12.4. The highest BCUT2D eigenvalue weighted by atomic mass is 32.1. The van der Waals surface area contributed by atoms with Crippen molar-refractivity contribution in [2.75, 3.05) is 6.61 Å². The van der Waals surface area contributed by atoms with Gasteiger partial charge in [-0.3, -0.25) is 8.75 Å². The van der Waals surface area contributed by atoms with Gasteiger partial charge in [0.15, 0.2) is 0 Å². The minimum absolute atomic E-state index is 0.0917. The number of nitrogens with zero attached hydrogens (tertiary/aromatic N) is 1. The maximum Gasteiger partial charge on any atom is 0.268 e. The molecule has 1 heterocycles. The zero-order valence-electron chi connectivity index (χ0n) is 15.4. The number of unbranched alkanes of at least 4 members (excludes halogenated alkanes) is 5. The van der Waals surface area contributed by atoms with E-state index in [1.165, 1.54) is 43.6 Å². The molecule has 138 valence electrons. The molecule has 0 atom stereocenters. The van der Waals surface area contributed by atoms with Crippen molar-refractivity contribution in [3.05, 3.63) is 64.4 Å². The van der Waals surface area contributed by atoms with Crippen LogP contribution in [0.15, 0.2) is 53.3 Å². The van der Waals surface area contributed by atoms with E-state index in [0.29, 0.717) is 6.54 Å². The number of aromatic nitrogens is 1. The van der Waals surface area contributed by atoms with Crippen molar-refractivity contribution in [1.82, 2.24) is 3.96 Å². The van der Waals surface area contributed by atoms with Crippen molar-refractivity contribution >= 4 is 21.6 Å². The van der Waals surface area contributed by atoms with E-state index in [4.69, 9.17) is 4.74 Å². The summed E-state index contributed by atoms with van der Waals surface area (Å²) in [6.07, 6.45) is 7.62. The largest absolute Gasteiger partial charge is 0.494 e. The second-order valence-corrected chi connectivity index (χ2v) is 7.75. The Hall–Kier alpha value is -2.07. The lowest BCUT2D eigenvalue weighted by Gasteiger charge is -2.07. The van der Waals surface area contributed by atoms with Gasteiger partial charge in [0.25, 0.3) is 5.56 Å². The molecule has 3 aromatic rings. The normalized spacial score (nSPS) is 11.1. The molecule has 0 bridgehead atoms. The molecule has 2 aromatic carbocycles. The van der Waals surface area contributed by atoms with Crippen LogP contribution in [0.25, 0.3) is 10.1 Å². The zero-order valence-corrected chi connectivity index (χ0v) is 16.3. The van der Waals surface area contributed by atoms with E-state index >= 15 is 0 Å². The van der Waals surface area contributed by atoms with Crippen LogP contribution in [0.2, 0.25) is 0 Å². The quantitative estimate of drug-likeness (QED) is 0.420. The Morgan fingerprint density at radius 2 is 1.65 bits per heavy atom. The molecule has 0 amide bonds. The number of hydrogen-bond donors (Lipinski definition) is 0. The van der Waals surface area contributed by atoms with Gasteiger partial charge >= 0.3 is 0 Å². The van der Waals surface area contributed by atoms with E-state index in [1.807, 2.05) is 52.5 Å². The molecule has 0 N–H and O–H groups in total. The third-order valence-corrected chi connectivity index (χ3v) is 5.64. The molecular weight excluding hydrogens is 342 g/mol. The first kappa shape index (κ1) is 18.7. The average molecular weight is 370 g/mol. The minimum atomic E-state index is 0.0917. The fourth-order valence-electron chi connectivity index (χ4n) is 3.05. The SMILES string of the molecule is CCCCCCCCOc1ccc(Cn2sc3ccccc3c2=O)cc1. The Morgan fingerprint density at radius 3 is 2.42 bits per heavy atom. The highest BCUT2D eigenvalue weighted by Crippen LogP contribution is 2.18. The second-order valence-electron chi connectivity index (χ2n) is 6.69. The van der Waals surface area contributed by atoms with E-state index in [-0.39, 0.29) is 5.56 Å². The Kier molecular flexibility index (Phi) is 6.89. The van der Waals surface area contributed by atoms with Gasteiger partial charge in [-0.05, 0) is 36.2 Å². The molecule has 3 rings (SSSR count). The molecule has 1 aromatic heterocycles. The van der Waals surface area contributed by atoms with E-state index in [2.05, 4.69) is 6.92 Å². The summed E-state index contributed by atoms with van der Waals surface area (Å²) in [4.78, 5) is 12.4. The number of hydrogen-bond acceptors (Lipinski definition) is 3. The minimum Gasteiger partial charge on any atom is -0.494 e. The topological polar surface area (TPSA) is 31.2 Å². The number of ether oxygens (including phenoxy) is 1. The average Bonchev–Trinajstić information content (AvgIpc) is 2.98. The molecular formula is C22H27NO2S. The highest BCUT2D eigenvalue weighted by Gasteiger charge is 2.07. The van der Waals surface area contributed by atoms with E-state index in [9.17, 15) is 4.79 Å². The molecule has 0 saturated heterocycles. The fourth-order valence-corrected chi connectivity index (χ4v) is 4.08. The fraction of sp³-hybridized carbons (Fsp3) is 0.409. The maximum atomic E-state index is 12.4. The third-order valence-electron chi connectivity index (χ3n) is 4.57. The Balaban J connectivity index is 1.50. The Bertz CT molecular complexity index is 864. The first-order valence-electron chi connectivity index (χ1n) is 9.58. The molecule has 0 unspecified atom stereocenters. The van der Waals surface area contributed by atoms with Crippen molar-refractivity contribution in [2.45, 2.75) is 52.0 Å². The van der Waals surface area contributed by atoms with E-state index in [1.54, 1.807) is 0 Å². The van der Waals surface area contributed by atoms with Gasteiger partial charge in [0.2, 0.25) is 0 Å². The van der Waals surface area contributed by atoms with Gasteiger partial charge in [-0.25, -0.2) is 0 Å². The summed E-state index contributed by atoms with van der Waals surface area (Å²) in [6.45, 7) is 3.63. The summed E-state index contributed by atoms with van der Waals surface area (Å²) >= 11 is 1.52. The predicted molar refractivity (Wildman–Crippen MR) is 111 cm³/mol. The first-order chi connectivity index (χ1) is 12.8. The van der Waals surface area contributed by atoms with Crippen LogP contribution in [-0.2, 0) is 6.54 Å². The van der Waals surface area contributed by atoms with Crippen LogP contribution in [0.4, 0.5) is 0 Å². The monoisotopic (exact) mass is 369 g/mol. The zero-order chi connectivity index (χ0) is 18.2. The molecule has 0 saturated carbocycles. The van der Waals surface area contributed by atoms with Crippen LogP contribution < -0.4 is 10.3 Å². The van der Waals surface area contributed by atoms with Crippen LogP contribution in [0.1, 0.15) is 51.0 Å². The van der Waals surface area contributed by atoms with Gasteiger partial charge in [-0.2, -0.15) is 0 Å². The summed E-state index contributed by atoms with van der Waals surface area (Å²) in [6, 6.07) is 15.9. The third kappa shape index (κ3) is 4.98. The van der Waals surface area contributed by atoms with Crippen molar-refractivity contribution < 1.29 is 4.74 Å². The molecule has 0 aliphatic heterocycles. The van der Waals surface area contributed by atoms with Crippen molar-refractivity contribution in [2.24, 2.45) is 0 Å². The van der Waals surface area contributed by atoms with Gasteiger partial charge in [0.1, 0.15) is 5.75 Å². The number of fused-ring (bicyclic) bond motifs is 1. The van der Waals surface area contributed by atoms with Gasteiger partial charge < -0.3 is 4.74 Å². The molecule has 0 aliphatic rings. The molecule has 0 fully saturated rings. The highest BCUT2D eigenvalue weighted by molar-refractivity contribution is 7.13. The standard InChI is InChI=1S/C22H27NO2S/c1-2-3-4-5-6-9-16-25-19-14-12-18(13-15-19)17-23-22(24)20-10-7-8-11-21(20)26-23/h7-8,10-15H,2-6,9,16-17H2,1H3. The van der Waals surface area contributed by atoms with E-state index < -0.39 is 0 Å². The van der Waals surface area contributed by atoms with Crippen LogP contribution in [0.5, 0.6) is 5.75 Å². The second kappa shape index (κ2) is 9.58. The molecule has 0 aliphatic carbocycles. The van der Waals surface area contributed by atoms with Crippen LogP contribution in [0, 0.1) is 0 Å². The lowest BCUT2D eigenvalue weighted by atomic mass is 10.1. The molecule has 4 heteroatoms. The summed E-state index contributed by atoms with van der Waals surface area (Å²) in [5.41, 5.74) is 1.21. The van der Waals surface area contributed by atoms with Gasteiger partial charge in [-0.15, -0.1) is 0 Å². The van der Waals surface area contributed by atoms with Crippen LogP contribution in [0.3, 0.4) is 0 Å². The van der Waals surface area contributed by atoms with Gasteiger partial charge in [0, 0.05) is 0 Å². The molecule has 0 spiro atoms. The van der Waals surface area contributed by atoms with Crippen molar-refractivity contribution in [3.63, 3.8) is 0 Å². The lowest BCUT2D eigenvalue weighted by Crippen LogP contribution is -2.13. The predicted octanol–water partition coefficient (Wildman–Crippen LogP) is 5.85. The summed E-state index contributed by atoms with van der Waals surface area (Å²) in [5, 5.41) is 0.802. The van der Waals surface area contributed by atoms with Crippen molar-refractivity contribution in [3.8, 4) is 5.75 Å².